The second kappa shape index (κ2) is 8.78. The van der Waals surface area contributed by atoms with Gasteiger partial charge >= 0.3 is 0 Å². The van der Waals surface area contributed by atoms with Gasteiger partial charge in [-0.2, -0.15) is 0 Å². The van der Waals surface area contributed by atoms with Gasteiger partial charge < -0.3 is 24.5 Å². The molecule has 0 spiro atoms. The predicted octanol–water partition coefficient (Wildman–Crippen LogP) is 3.45. The molecule has 5 nitrogen and oxygen atoms in total. The zero-order valence-electron chi connectivity index (χ0n) is 16.3. The molecule has 0 amide bonds. The Morgan fingerprint density at radius 3 is 2.79 bits per heavy atom. The topological polar surface area (TPSA) is 55.7 Å². The van der Waals surface area contributed by atoms with Gasteiger partial charge in [0.15, 0.2) is 0 Å². The molecule has 1 aromatic heterocycles. The Balaban J connectivity index is 1.52. The summed E-state index contributed by atoms with van der Waals surface area (Å²) >= 11 is 0. The quantitative estimate of drug-likeness (QED) is 0.629. The molecule has 0 unspecified atom stereocenters. The van der Waals surface area contributed by atoms with Crippen LogP contribution < -0.4 is 10.1 Å². The molecule has 0 bridgehead atoms. The Morgan fingerprint density at radius 2 is 2.04 bits per heavy atom. The van der Waals surface area contributed by atoms with E-state index < -0.39 is 6.10 Å². The maximum absolute atomic E-state index is 10.7. The van der Waals surface area contributed by atoms with E-state index in [1.807, 2.05) is 24.3 Å². The number of fused-ring (bicyclic) bond motifs is 1. The van der Waals surface area contributed by atoms with Crippen molar-refractivity contribution in [3.05, 3.63) is 54.6 Å². The zero-order chi connectivity index (χ0) is 19.3. The molecular formula is C23H28N2O3. The maximum Gasteiger partial charge on any atom is 0.118 e. The Labute approximate surface area is 165 Å². The Hall–Kier alpha value is -2.34. The number of ether oxygens (including phenoxy) is 2. The van der Waals surface area contributed by atoms with Crippen LogP contribution in [0.5, 0.6) is 5.75 Å². The highest BCUT2D eigenvalue weighted by molar-refractivity contribution is 5.87. The number of nitrogens with one attached hydrogen (secondary N) is 1. The van der Waals surface area contributed by atoms with Crippen molar-refractivity contribution in [3.63, 3.8) is 0 Å². The largest absolute Gasteiger partial charge is 0.497 e. The summed E-state index contributed by atoms with van der Waals surface area (Å²) in [6, 6.07) is 18.5. The Bertz CT molecular complexity index is 898. The van der Waals surface area contributed by atoms with Crippen LogP contribution in [0.15, 0.2) is 54.6 Å². The number of hydrogen-bond donors (Lipinski definition) is 2. The van der Waals surface area contributed by atoms with Gasteiger partial charge in [-0.1, -0.05) is 18.2 Å². The molecule has 1 fully saturated rings. The van der Waals surface area contributed by atoms with Crippen molar-refractivity contribution in [2.75, 3.05) is 26.8 Å². The van der Waals surface area contributed by atoms with Crippen LogP contribution in [0.25, 0.3) is 22.2 Å². The van der Waals surface area contributed by atoms with Crippen molar-refractivity contribution < 1.29 is 14.6 Å². The monoisotopic (exact) mass is 380 g/mol. The van der Waals surface area contributed by atoms with Gasteiger partial charge in [-0.3, -0.25) is 0 Å². The third kappa shape index (κ3) is 4.22. The number of aliphatic hydroxyl groups excluding tert-OH is 1. The number of aliphatic hydroxyl groups is 1. The van der Waals surface area contributed by atoms with E-state index in [2.05, 4.69) is 40.2 Å². The fourth-order valence-corrected chi connectivity index (χ4v) is 3.90. The summed E-state index contributed by atoms with van der Waals surface area (Å²) in [5.41, 5.74) is 3.34. The Kier molecular flexibility index (Phi) is 5.95. The fourth-order valence-electron chi connectivity index (χ4n) is 3.90. The molecule has 2 heterocycles. The number of methoxy groups -OCH3 is 1. The molecule has 5 heteroatoms. The third-order valence-corrected chi connectivity index (χ3v) is 5.37. The van der Waals surface area contributed by atoms with Crippen LogP contribution in [0.4, 0.5) is 0 Å². The minimum Gasteiger partial charge on any atom is -0.497 e. The summed E-state index contributed by atoms with van der Waals surface area (Å²) in [6.07, 6.45) is 2.05. The molecule has 3 aromatic rings. The van der Waals surface area contributed by atoms with Crippen molar-refractivity contribution in [3.8, 4) is 17.0 Å². The third-order valence-electron chi connectivity index (χ3n) is 5.37. The zero-order valence-corrected chi connectivity index (χ0v) is 16.3. The summed E-state index contributed by atoms with van der Waals surface area (Å²) in [5.74, 6) is 0.838. The molecule has 4 rings (SSSR count). The molecule has 2 aromatic carbocycles. The van der Waals surface area contributed by atoms with Gasteiger partial charge in [0.2, 0.25) is 0 Å². The van der Waals surface area contributed by atoms with Crippen molar-refractivity contribution >= 4 is 10.9 Å². The molecule has 1 aliphatic rings. The molecule has 1 saturated heterocycles. The van der Waals surface area contributed by atoms with E-state index in [0.29, 0.717) is 13.1 Å². The van der Waals surface area contributed by atoms with Gasteiger partial charge in [-0.05, 0) is 54.8 Å². The fraction of sp³-hybridized carbons (Fsp3) is 0.391. The highest BCUT2D eigenvalue weighted by atomic mass is 16.5. The minimum absolute atomic E-state index is 0.287. The average Bonchev–Trinajstić information content (AvgIpc) is 3.36. The molecular weight excluding hydrogens is 352 g/mol. The van der Waals surface area contributed by atoms with Gasteiger partial charge in [0.05, 0.1) is 25.9 Å². The molecule has 2 atom stereocenters. The molecule has 2 N–H and O–H groups in total. The van der Waals surface area contributed by atoms with E-state index in [0.717, 1.165) is 48.5 Å². The SMILES string of the molecule is COc1ccc(-c2cc3ccccc3n2C[C@@H](O)CNC[C@H]2CCCO2)cc1. The van der Waals surface area contributed by atoms with Crippen molar-refractivity contribution in [2.24, 2.45) is 0 Å². The highest BCUT2D eigenvalue weighted by Crippen LogP contribution is 2.29. The van der Waals surface area contributed by atoms with Crippen LogP contribution in [0.3, 0.4) is 0 Å². The van der Waals surface area contributed by atoms with Crippen LogP contribution in [0, 0.1) is 0 Å². The van der Waals surface area contributed by atoms with Gasteiger partial charge in [0, 0.05) is 36.3 Å². The Morgan fingerprint density at radius 1 is 1.21 bits per heavy atom. The minimum atomic E-state index is -0.478. The first-order valence-electron chi connectivity index (χ1n) is 9.97. The van der Waals surface area contributed by atoms with E-state index in [1.54, 1.807) is 7.11 Å². The molecule has 0 aliphatic carbocycles. The number of para-hydroxylation sites is 1. The normalized spacial score (nSPS) is 17.9. The average molecular weight is 380 g/mol. The second-order valence-electron chi connectivity index (χ2n) is 7.37. The van der Waals surface area contributed by atoms with E-state index in [1.165, 1.54) is 5.39 Å². The first kappa shape index (κ1) is 19.0. The van der Waals surface area contributed by atoms with Gasteiger partial charge in [0.1, 0.15) is 5.75 Å². The summed E-state index contributed by atoms with van der Waals surface area (Å²) in [6.45, 7) is 2.74. The van der Waals surface area contributed by atoms with Gasteiger partial charge in [-0.15, -0.1) is 0 Å². The van der Waals surface area contributed by atoms with Gasteiger partial charge in [0.25, 0.3) is 0 Å². The first-order valence-corrected chi connectivity index (χ1v) is 9.97. The molecule has 148 valence electrons. The summed E-state index contributed by atoms with van der Waals surface area (Å²) in [7, 11) is 1.67. The van der Waals surface area contributed by atoms with E-state index in [-0.39, 0.29) is 6.10 Å². The standard InChI is InChI=1S/C23H28N2O3/c1-27-20-10-8-17(9-11-20)23-13-18-5-2-3-7-22(18)25(23)16-19(26)14-24-15-21-6-4-12-28-21/h2-3,5,7-11,13,19,21,24,26H,4,6,12,14-16H2,1H3/t19-,21+/m0/s1. The lowest BCUT2D eigenvalue weighted by Gasteiger charge is -2.18. The van der Waals surface area contributed by atoms with E-state index in [4.69, 9.17) is 9.47 Å². The molecule has 1 aliphatic heterocycles. The predicted molar refractivity (Wildman–Crippen MR) is 112 cm³/mol. The summed E-state index contributed by atoms with van der Waals surface area (Å²) in [4.78, 5) is 0. The number of hydrogen-bond acceptors (Lipinski definition) is 4. The molecule has 0 radical (unpaired) electrons. The highest BCUT2D eigenvalue weighted by Gasteiger charge is 2.17. The number of aromatic nitrogens is 1. The van der Waals surface area contributed by atoms with Crippen LogP contribution in [0.1, 0.15) is 12.8 Å². The van der Waals surface area contributed by atoms with E-state index in [9.17, 15) is 5.11 Å². The number of benzene rings is 2. The number of nitrogens with zero attached hydrogens (tertiary/aromatic N) is 1. The van der Waals surface area contributed by atoms with Crippen LogP contribution in [-0.2, 0) is 11.3 Å². The van der Waals surface area contributed by atoms with Crippen molar-refractivity contribution in [2.45, 2.75) is 31.6 Å². The van der Waals surface area contributed by atoms with Crippen LogP contribution >= 0.6 is 0 Å². The lowest BCUT2D eigenvalue weighted by Crippen LogP contribution is -2.35. The lowest BCUT2D eigenvalue weighted by molar-refractivity contribution is 0.101. The maximum atomic E-state index is 10.7. The second-order valence-corrected chi connectivity index (χ2v) is 7.37. The smallest absolute Gasteiger partial charge is 0.118 e. The summed E-state index contributed by atoms with van der Waals surface area (Å²) < 4.78 is 13.1. The first-order chi connectivity index (χ1) is 13.7. The van der Waals surface area contributed by atoms with E-state index >= 15 is 0 Å². The van der Waals surface area contributed by atoms with Gasteiger partial charge in [-0.25, -0.2) is 0 Å². The lowest BCUT2D eigenvalue weighted by atomic mass is 10.1. The number of rotatable bonds is 8. The summed E-state index contributed by atoms with van der Waals surface area (Å²) in [5, 5.41) is 15.2. The van der Waals surface area contributed by atoms with Crippen molar-refractivity contribution in [1.82, 2.24) is 9.88 Å². The molecule has 0 saturated carbocycles. The molecule has 28 heavy (non-hydrogen) atoms. The van der Waals surface area contributed by atoms with Crippen LogP contribution in [-0.4, -0.2) is 48.7 Å². The van der Waals surface area contributed by atoms with Crippen molar-refractivity contribution in [1.29, 1.82) is 0 Å². The van der Waals surface area contributed by atoms with Crippen LogP contribution in [0.2, 0.25) is 0 Å².